The number of hydrogen-bond acceptors (Lipinski definition) is 4. The summed E-state index contributed by atoms with van der Waals surface area (Å²) in [5.41, 5.74) is 4.78. The summed E-state index contributed by atoms with van der Waals surface area (Å²) in [7, 11) is 0. The second-order valence-corrected chi connectivity index (χ2v) is 9.33. The van der Waals surface area contributed by atoms with Crippen LogP contribution in [0.4, 0.5) is 10.5 Å². The van der Waals surface area contributed by atoms with E-state index in [1.54, 1.807) is 0 Å². The normalized spacial score (nSPS) is 14.6. The fourth-order valence-electron chi connectivity index (χ4n) is 4.54. The summed E-state index contributed by atoms with van der Waals surface area (Å²) in [5, 5.41) is 11.7. The Morgan fingerprint density at radius 2 is 1.49 bits per heavy atom. The van der Waals surface area contributed by atoms with E-state index in [9.17, 15) is 14.4 Å². The molecule has 0 atom stereocenters. The highest BCUT2D eigenvalue weighted by atomic mass is 35.5. The van der Waals surface area contributed by atoms with Gasteiger partial charge in [0, 0.05) is 24.6 Å². The van der Waals surface area contributed by atoms with Gasteiger partial charge < -0.3 is 14.7 Å². The number of benzene rings is 3. The number of carboxylic acids is 1. The lowest BCUT2D eigenvalue weighted by atomic mass is 9.98. The van der Waals surface area contributed by atoms with Gasteiger partial charge in [-0.25, -0.2) is 4.79 Å². The fourth-order valence-corrected chi connectivity index (χ4v) is 5.12. The molecule has 1 saturated heterocycles. The first kappa shape index (κ1) is 23.2. The third kappa shape index (κ3) is 4.33. The Morgan fingerprint density at radius 1 is 0.943 bits per heavy atom. The van der Waals surface area contributed by atoms with Crippen molar-refractivity contribution in [3.63, 3.8) is 0 Å². The number of fused-ring (bicyclic) bond motifs is 3. The van der Waals surface area contributed by atoms with Gasteiger partial charge in [0.05, 0.1) is 21.7 Å². The highest BCUT2D eigenvalue weighted by molar-refractivity contribution is 6.40. The molecule has 0 saturated carbocycles. The van der Waals surface area contributed by atoms with Gasteiger partial charge in [-0.2, -0.15) is 0 Å². The molecule has 1 aliphatic carbocycles. The lowest BCUT2D eigenvalue weighted by molar-refractivity contribution is -0.146. The standard InChI is InChI=1S/C26H20Cl2N2O5/c27-21-9-14(24(31)30-11-15(12-30)25(32)33)10-22(28)23(21)29-26(34)35-13-20-18-7-3-1-5-16(18)17-6-2-4-8-19(17)20/h1-10,15,20H,11-13H2,(H,29,34)(H,32,33). The van der Waals surface area contributed by atoms with E-state index >= 15 is 0 Å². The number of amides is 2. The predicted octanol–water partition coefficient (Wildman–Crippen LogP) is 5.51. The number of nitrogens with one attached hydrogen (secondary N) is 1. The molecule has 9 heteroatoms. The van der Waals surface area contributed by atoms with E-state index in [2.05, 4.69) is 17.4 Å². The van der Waals surface area contributed by atoms with Gasteiger partial charge in [0.15, 0.2) is 0 Å². The van der Waals surface area contributed by atoms with Gasteiger partial charge in [-0.05, 0) is 34.4 Å². The monoisotopic (exact) mass is 510 g/mol. The van der Waals surface area contributed by atoms with E-state index in [4.69, 9.17) is 33.0 Å². The second-order valence-electron chi connectivity index (χ2n) is 8.51. The number of hydrogen-bond donors (Lipinski definition) is 2. The van der Waals surface area contributed by atoms with Crippen molar-refractivity contribution in [2.75, 3.05) is 25.0 Å². The molecular weight excluding hydrogens is 491 g/mol. The van der Waals surface area contributed by atoms with Gasteiger partial charge in [-0.3, -0.25) is 14.9 Å². The number of likely N-dealkylation sites (tertiary alicyclic amines) is 1. The third-order valence-corrected chi connectivity index (χ3v) is 6.97. The Labute approximate surface area is 211 Å². The number of nitrogens with zero attached hydrogens (tertiary/aromatic N) is 1. The Balaban J connectivity index is 1.25. The van der Waals surface area contributed by atoms with Gasteiger partial charge in [0.25, 0.3) is 5.91 Å². The fraction of sp³-hybridized carbons (Fsp3) is 0.192. The third-order valence-electron chi connectivity index (χ3n) is 6.38. The molecule has 178 valence electrons. The molecule has 3 aromatic carbocycles. The quantitative estimate of drug-likeness (QED) is 0.471. The van der Waals surface area contributed by atoms with E-state index in [0.717, 1.165) is 22.3 Å². The van der Waals surface area contributed by atoms with Crippen molar-refractivity contribution in [2.45, 2.75) is 5.92 Å². The van der Waals surface area contributed by atoms with Crippen LogP contribution in [0.3, 0.4) is 0 Å². The first-order valence-electron chi connectivity index (χ1n) is 11.0. The molecule has 1 heterocycles. The molecular formula is C26H20Cl2N2O5. The molecule has 2 N–H and O–H groups in total. The van der Waals surface area contributed by atoms with Crippen LogP contribution in [0.15, 0.2) is 60.7 Å². The average Bonchev–Trinajstić information content (AvgIpc) is 3.12. The van der Waals surface area contributed by atoms with Crippen molar-refractivity contribution in [1.82, 2.24) is 4.90 Å². The maximum absolute atomic E-state index is 12.6. The first-order valence-corrected chi connectivity index (χ1v) is 11.7. The van der Waals surface area contributed by atoms with E-state index < -0.39 is 18.0 Å². The molecule has 35 heavy (non-hydrogen) atoms. The number of carbonyl (C=O) groups excluding carboxylic acids is 2. The Morgan fingerprint density at radius 3 is 2.03 bits per heavy atom. The van der Waals surface area contributed by atoms with Crippen molar-refractivity contribution in [2.24, 2.45) is 5.92 Å². The van der Waals surface area contributed by atoms with Gasteiger partial charge in [-0.1, -0.05) is 71.7 Å². The molecule has 5 rings (SSSR count). The molecule has 0 unspecified atom stereocenters. The van der Waals surface area contributed by atoms with Crippen LogP contribution in [-0.2, 0) is 9.53 Å². The van der Waals surface area contributed by atoms with Crippen LogP contribution >= 0.6 is 23.2 Å². The summed E-state index contributed by atoms with van der Waals surface area (Å²) in [5.74, 6) is -1.98. The SMILES string of the molecule is O=C(Nc1c(Cl)cc(C(=O)N2CC(C(=O)O)C2)cc1Cl)OCC1c2ccccc2-c2ccccc21. The smallest absolute Gasteiger partial charge is 0.411 e. The number of carbonyl (C=O) groups is 3. The van der Waals surface area contributed by atoms with Crippen LogP contribution in [0.1, 0.15) is 27.4 Å². The minimum absolute atomic E-state index is 0.0738. The van der Waals surface area contributed by atoms with Crippen molar-refractivity contribution >= 4 is 46.9 Å². The lowest BCUT2D eigenvalue weighted by Gasteiger charge is -2.36. The summed E-state index contributed by atoms with van der Waals surface area (Å²) in [6.45, 7) is 0.387. The maximum atomic E-state index is 12.6. The molecule has 7 nitrogen and oxygen atoms in total. The van der Waals surface area contributed by atoms with Crippen molar-refractivity contribution < 1.29 is 24.2 Å². The van der Waals surface area contributed by atoms with E-state index in [1.807, 2.05) is 36.4 Å². The topological polar surface area (TPSA) is 95.9 Å². The van der Waals surface area contributed by atoms with Gasteiger partial charge in [0.1, 0.15) is 6.61 Å². The van der Waals surface area contributed by atoms with Gasteiger partial charge >= 0.3 is 12.1 Å². The number of aliphatic carboxylic acids is 1. The highest BCUT2D eigenvalue weighted by Crippen LogP contribution is 2.44. The molecule has 0 aromatic heterocycles. The second kappa shape index (κ2) is 9.24. The van der Waals surface area contributed by atoms with E-state index in [-0.39, 0.29) is 52.8 Å². The minimum atomic E-state index is -0.937. The van der Waals surface area contributed by atoms with Crippen LogP contribution < -0.4 is 5.32 Å². The molecule has 2 aliphatic rings. The maximum Gasteiger partial charge on any atom is 0.411 e. The van der Waals surface area contributed by atoms with Crippen LogP contribution in [0.25, 0.3) is 11.1 Å². The largest absolute Gasteiger partial charge is 0.481 e. The molecule has 0 radical (unpaired) electrons. The van der Waals surface area contributed by atoms with Crippen molar-refractivity contribution in [1.29, 1.82) is 0 Å². The number of halogens is 2. The van der Waals surface area contributed by atoms with Crippen LogP contribution in [0.5, 0.6) is 0 Å². The first-order chi connectivity index (χ1) is 16.8. The number of rotatable bonds is 5. The Kier molecular flexibility index (Phi) is 6.13. The molecule has 2 amide bonds. The molecule has 0 spiro atoms. The zero-order valence-corrected chi connectivity index (χ0v) is 19.8. The molecule has 1 aliphatic heterocycles. The summed E-state index contributed by atoms with van der Waals surface area (Å²) in [6.07, 6.45) is -0.721. The molecule has 0 bridgehead atoms. The minimum Gasteiger partial charge on any atom is -0.481 e. The Hall–Kier alpha value is -3.55. The molecule has 1 fully saturated rings. The van der Waals surface area contributed by atoms with Crippen molar-refractivity contribution in [3.05, 3.63) is 87.4 Å². The lowest BCUT2D eigenvalue weighted by Crippen LogP contribution is -2.53. The summed E-state index contributed by atoms with van der Waals surface area (Å²) in [6, 6.07) is 18.8. The average molecular weight is 511 g/mol. The van der Waals surface area contributed by atoms with Crippen LogP contribution in [0.2, 0.25) is 10.0 Å². The summed E-state index contributed by atoms with van der Waals surface area (Å²) in [4.78, 5) is 37.6. The zero-order valence-electron chi connectivity index (χ0n) is 18.3. The van der Waals surface area contributed by atoms with Crippen LogP contribution in [-0.4, -0.2) is 47.7 Å². The highest BCUT2D eigenvalue weighted by Gasteiger charge is 2.36. The van der Waals surface area contributed by atoms with Crippen LogP contribution in [0, 0.1) is 5.92 Å². The summed E-state index contributed by atoms with van der Waals surface area (Å²) < 4.78 is 5.53. The predicted molar refractivity (Wildman–Crippen MR) is 132 cm³/mol. The van der Waals surface area contributed by atoms with Gasteiger partial charge in [0.2, 0.25) is 0 Å². The number of ether oxygens (including phenoxy) is 1. The zero-order chi connectivity index (χ0) is 24.7. The molecule has 3 aromatic rings. The Bertz CT molecular complexity index is 1280. The summed E-state index contributed by atoms with van der Waals surface area (Å²) >= 11 is 12.6. The van der Waals surface area contributed by atoms with Gasteiger partial charge in [-0.15, -0.1) is 0 Å². The van der Waals surface area contributed by atoms with E-state index in [1.165, 1.54) is 17.0 Å². The number of anilines is 1. The number of carboxylic acid groups (broad SMARTS) is 1. The van der Waals surface area contributed by atoms with E-state index in [0.29, 0.717) is 0 Å². The van der Waals surface area contributed by atoms with Crippen molar-refractivity contribution in [3.8, 4) is 11.1 Å².